The molecule has 3 aliphatic rings. The third-order valence-electron chi connectivity index (χ3n) is 8.07. The minimum atomic E-state index is -0.821. The van der Waals surface area contributed by atoms with E-state index in [1.807, 2.05) is 58.0 Å². The van der Waals surface area contributed by atoms with Gasteiger partial charge < -0.3 is 19.6 Å². The Morgan fingerprint density at radius 1 is 1.31 bits per heavy atom. The molecule has 2 amide bonds. The third kappa shape index (κ3) is 3.97. The number of thioether (sulfide) groups is 1. The molecular weight excluding hydrogens is 476 g/mol. The molecule has 3 saturated heterocycles. The van der Waals surface area contributed by atoms with Crippen LogP contribution in [-0.2, 0) is 19.1 Å². The van der Waals surface area contributed by atoms with E-state index in [9.17, 15) is 19.5 Å². The summed E-state index contributed by atoms with van der Waals surface area (Å²) in [4.78, 5) is 45.4. The predicted molar refractivity (Wildman–Crippen MR) is 140 cm³/mol. The first-order valence-corrected chi connectivity index (χ1v) is 13.6. The fourth-order valence-corrected chi connectivity index (χ4v) is 8.89. The molecule has 1 aromatic carbocycles. The normalized spacial score (nSPS) is 31.8. The molecule has 3 aliphatic heterocycles. The molecule has 1 spiro atoms. The number of hydrogen-bond acceptors (Lipinski definition) is 6. The smallest absolute Gasteiger partial charge is 0.311 e. The average molecular weight is 515 g/mol. The van der Waals surface area contributed by atoms with Crippen LogP contribution >= 0.6 is 11.8 Å². The zero-order chi connectivity index (χ0) is 26.5. The van der Waals surface area contributed by atoms with Gasteiger partial charge in [0.25, 0.3) is 0 Å². The number of carbonyl (C=O) groups is 3. The second kappa shape index (κ2) is 9.53. The van der Waals surface area contributed by atoms with Gasteiger partial charge in [-0.1, -0.05) is 36.4 Å². The van der Waals surface area contributed by atoms with Crippen LogP contribution < -0.4 is 0 Å². The van der Waals surface area contributed by atoms with Crippen molar-refractivity contribution in [2.45, 2.75) is 74.6 Å². The third-order valence-corrected chi connectivity index (χ3v) is 10.1. The van der Waals surface area contributed by atoms with Crippen molar-refractivity contribution >= 4 is 29.5 Å². The first-order valence-electron chi connectivity index (χ1n) is 12.7. The van der Waals surface area contributed by atoms with E-state index in [2.05, 4.69) is 6.58 Å². The number of aliphatic hydroxyl groups is 1. The number of likely N-dealkylation sites (tertiary alicyclic amines) is 1. The topological polar surface area (TPSA) is 87.2 Å². The van der Waals surface area contributed by atoms with Gasteiger partial charge in [0, 0.05) is 16.8 Å². The van der Waals surface area contributed by atoms with E-state index < -0.39 is 39.0 Å². The molecule has 4 rings (SSSR count). The standard InChI is InChI=1S/C28H38N2O5S/c1-7-16-29(26(3,4)5)24(33)22-28-15-14-27(6,36-28)21(25(34)35-8-2)20(28)23(32)30(22)19(17-31)18-12-10-9-11-13-18/h7,9-13,19-22,31H,1,8,14-17H2,2-6H3/t19-,20+,21-,22?,27+,28?/m1/s1. The summed E-state index contributed by atoms with van der Waals surface area (Å²) >= 11 is 1.61. The van der Waals surface area contributed by atoms with Crippen molar-refractivity contribution in [3.63, 3.8) is 0 Å². The number of benzene rings is 1. The van der Waals surface area contributed by atoms with Gasteiger partial charge in [-0.05, 0) is 53.0 Å². The molecule has 0 aliphatic carbocycles. The van der Waals surface area contributed by atoms with E-state index >= 15 is 0 Å². The van der Waals surface area contributed by atoms with Crippen LogP contribution in [0.1, 0.15) is 59.1 Å². The van der Waals surface area contributed by atoms with Crippen molar-refractivity contribution in [2.75, 3.05) is 19.8 Å². The van der Waals surface area contributed by atoms with Crippen LogP contribution in [0.3, 0.4) is 0 Å². The highest BCUT2D eigenvalue weighted by molar-refractivity contribution is 8.02. The number of esters is 1. The Hall–Kier alpha value is -2.32. The Morgan fingerprint density at radius 3 is 2.53 bits per heavy atom. The van der Waals surface area contributed by atoms with Crippen LogP contribution in [-0.4, -0.2) is 73.5 Å². The second-order valence-electron chi connectivity index (χ2n) is 11.2. The number of nitrogens with zero attached hydrogens (tertiary/aromatic N) is 2. The number of amides is 2. The highest BCUT2D eigenvalue weighted by Crippen LogP contribution is 2.72. The van der Waals surface area contributed by atoms with Crippen molar-refractivity contribution in [2.24, 2.45) is 11.8 Å². The highest BCUT2D eigenvalue weighted by Gasteiger charge is 2.78. The van der Waals surface area contributed by atoms with Crippen molar-refractivity contribution in [1.29, 1.82) is 0 Å². The molecule has 1 aromatic rings. The average Bonchev–Trinajstić information content (AvgIpc) is 3.39. The number of fused-ring (bicyclic) bond motifs is 1. The fourth-order valence-electron chi connectivity index (χ4n) is 6.57. The number of ether oxygens (including phenoxy) is 1. The predicted octanol–water partition coefficient (Wildman–Crippen LogP) is 3.58. The van der Waals surface area contributed by atoms with Gasteiger partial charge in [0.2, 0.25) is 11.8 Å². The number of carbonyl (C=O) groups excluding carboxylic acids is 3. The van der Waals surface area contributed by atoms with Crippen molar-refractivity contribution < 1.29 is 24.2 Å². The molecule has 0 saturated carbocycles. The van der Waals surface area contributed by atoms with Gasteiger partial charge in [-0.25, -0.2) is 0 Å². The fraction of sp³-hybridized carbons (Fsp3) is 0.607. The Morgan fingerprint density at radius 2 is 1.97 bits per heavy atom. The van der Waals surface area contributed by atoms with E-state index in [1.165, 1.54) is 0 Å². The zero-order valence-corrected chi connectivity index (χ0v) is 22.7. The highest BCUT2D eigenvalue weighted by atomic mass is 32.2. The first-order chi connectivity index (χ1) is 17.0. The molecule has 8 heteroatoms. The lowest BCUT2D eigenvalue weighted by molar-refractivity contribution is -0.155. The van der Waals surface area contributed by atoms with Gasteiger partial charge in [0.1, 0.15) is 6.04 Å². The van der Waals surface area contributed by atoms with Crippen LogP contribution in [0.4, 0.5) is 0 Å². The van der Waals surface area contributed by atoms with Gasteiger partial charge in [-0.2, -0.15) is 0 Å². The quantitative estimate of drug-likeness (QED) is 0.422. The summed E-state index contributed by atoms with van der Waals surface area (Å²) < 4.78 is 4.21. The van der Waals surface area contributed by atoms with Crippen molar-refractivity contribution in [1.82, 2.24) is 9.80 Å². The Bertz CT molecular complexity index is 1040. The summed E-state index contributed by atoms with van der Waals surface area (Å²) in [5.74, 6) is -2.12. The summed E-state index contributed by atoms with van der Waals surface area (Å²) in [7, 11) is 0. The minimum absolute atomic E-state index is 0.172. The molecule has 3 heterocycles. The maximum absolute atomic E-state index is 14.5. The van der Waals surface area contributed by atoms with Crippen molar-refractivity contribution in [3.05, 3.63) is 48.6 Å². The van der Waals surface area contributed by atoms with Gasteiger partial charge in [-0.3, -0.25) is 14.4 Å². The summed E-state index contributed by atoms with van der Waals surface area (Å²) in [6.07, 6.45) is 3.06. The number of aliphatic hydroxyl groups excluding tert-OH is 1. The molecule has 3 fully saturated rings. The van der Waals surface area contributed by atoms with E-state index in [-0.39, 0.29) is 31.0 Å². The zero-order valence-electron chi connectivity index (χ0n) is 21.9. The number of hydrogen-bond donors (Lipinski definition) is 1. The lowest BCUT2D eigenvalue weighted by atomic mass is 9.66. The molecule has 7 nitrogen and oxygen atoms in total. The molecule has 6 atom stereocenters. The molecule has 0 radical (unpaired) electrons. The Kier molecular flexibility index (Phi) is 7.07. The van der Waals surface area contributed by atoms with Gasteiger partial charge in [-0.15, -0.1) is 18.3 Å². The number of rotatable bonds is 8. The lowest BCUT2D eigenvalue weighted by Crippen LogP contribution is -2.59. The Labute approximate surface area is 218 Å². The maximum atomic E-state index is 14.5. The largest absolute Gasteiger partial charge is 0.466 e. The van der Waals surface area contributed by atoms with Gasteiger partial charge in [0.05, 0.1) is 35.8 Å². The molecule has 36 heavy (non-hydrogen) atoms. The SMILES string of the molecule is C=CCN(C(=O)C1N([C@H](CO)c2ccccc2)C(=O)[C@@H]2[C@H](C(=O)OCC)[C@]3(C)CCC12S3)C(C)(C)C. The van der Waals surface area contributed by atoms with E-state index in [1.54, 1.807) is 34.6 Å². The summed E-state index contributed by atoms with van der Waals surface area (Å²) in [5, 5.41) is 10.6. The van der Waals surface area contributed by atoms with E-state index in [0.29, 0.717) is 19.4 Å². The second-order valence-corrected chi connectivity index (χ2v) is 13.1. The molecule has 1 N–H and O–H groups in total. The molecule has 2 unspecified atom stereocenters. The van der Waals surface area contributed by atoms with Crippen LogP contribution in [0.15, 0.2) is 43.0 Å². The van der Waals surface area contributed by atoms with Crippen LogP contribution in [0, 0.1) is 11.8 Å². The monoisotopic (exact) mass is 514 g/mol. The van der Waals surface area contributed by atoms with Crippen LogP contribution in [0.2, 0.25) is 0 Å². The van der Waals surface area contributed by atoms with Gasteiger partial charge in [0.15, 0.2) is 0 Å². The Balaban J connectivity index is 1.89. The molecule has 0 aromatic heterocycles. The maximum Gasteiger partial charge on any atom is 0.311 e. The van der Waals surface area contributed by atoms with Crippen LogP contribution in [0.5, 0.6) is 0 Å². The van der Waals surface area contributed by atoms with Crippen molar-refractivity contribution in [3.8, 4) is 0 Å². The lowest BCUT2D eigenvalue weighted by Gasteiger charge is -2.43. The molecular formula is C28H38N2O5S. The van der Waals surface area contributed by atoms with E-state index in [0.717, 1.165) is 5.56 Å². The summed E-state index contributed by atoms with van der Waals surface area (Å²) in [6, 6.07) is 7.79. The minimum Gasteiger partial charge on any atom is -0.466 e. The molecule has 2 bridgehead atoms. The van der Waals surface area contributed by atoms with E-state index in [4.69, 9.17) is 4.74 Å². The first kappa shape index (κ1) is 26.7. The van der Waals surface area contributed by atoms with Gasteiger partial charge >= 0.3 is 5.97 Å². The summed E-state index contributed by atoms with van der Waals surface area (Å²) in [5.41, 5.74) is 0.244. The summed E-state index contributed by atoms with van der Waals surface area (Å²) in [6.45, 7) is 13.8. The molecule has 196 valence electrons. The van der Waals surface area contributed by atoms with Crippen LogP contribution in [0.25, 0.3) is 0 Å².